The molecule has 0 bridgehead atoms. The molecule has 0 spiro atoms. The van der Waals surface area contributed by atoms with Crippen LogP contribution in [-0.4, -0.2) is 28.9 Å². The summed E-state index contributed by atoms with van der Waals surface area (Å²) in [6, 6.07) is 2.07. The molecule has 1 heterocycles. The molecule has 0 aliphatic heterocycles. The molecule has 88 valence electrons. The van der Waals surface area contributed by atoms with Crippen LogP contribution in [0.2, 0.25) is 0 Å². The number of aromatic nitrogens is 1. The SMILES string of the molecule is CSCC[C@H](N)C(=O)Nc1ccc(F)cn1. The highest BCUT2D eigenvalue weighted by Crippen LogP contribution is 2.05. The summed E-state index contributed by atoms with van der Waals surface area (Å²) in [6.07, 6.45) is 3.60. The first-order valence-electron chi connectivity index (χ1n) is 4.80. The van der Waals surface area contributed by atoms with E-state index in [1.807, 2.05) is 6.26 Å². The van der Waals surface area contributed by atoms with Crippen molar-refractivity contribution in [3.63, 3.8) is 0 Å². The first kappa shape index (κ1) is 12.9. The van der Waals surface area contributed by atoms with Gasteiger partial charge in [-0.05, 0) is 30.6 Å². The van der Waals surface area contributed by atoms with Gasteiger partial charge in [0.2, 0.25) is 5.91 Å². The van der Waals surface area contributed by atoms with Gasteiger partial charge in [-0.1, -0.05) is 0 Å². The summed E-state index contributed by atoms with van der Waals surface area (Å²) in [5.74, 6) is 0.398. The molecule has 1 atom stereocenters. The summed E-state index contributed by atoms with van der Waals surface area (Å²) in [6.45, 7) is 0. The highest BCUT2D eigenvalue weighted by atomic mass is 32.2. The zero-order valence-electron chi connectivity index (χ0n) is 8.94. The van der Waals surface area contributed by atoms with Gasteiger partial charge in [-0.15, -0.1) is 0 Å². The summed E-state index contributed by atoms with van der Waals surface area (Å²) in [4.78, 5) is 15.2. The van der Waals surface area contributed by atoms with Crippen molar-refractivity contribution in [1.29, 1.82) is 0 Å². The van der Waals surface area contributed by atoms with Gasteiger partial charge in [-0.2, -0.15) is 11.8 Å². The largest absolute Gasteiger partial charge is 0.320 e. The lowest BCUT2D eigenvalue weighted by Gasteiger charge is -2.10. The monoisotopic (exact) mass is 243 g/mol. The Morgan fingerprint density at radius 1 is 1.69 bits per heavy atom. The second-order valence-corrected chi connectivity index (χ2v) is 4.22. The molecule has 1 amide bonds. The maximum Gasteiger partial charge on any atom is 0.242 e. The average Bonchev–Trinajstić information content (AvgIpc) is 2.29. The summed E-state index contributed by atoms with van der Waals surface area (Å²) < 4.78 is 12.5. The van der Waals surface area contributed by atoms with Gasteiger partial charge >= 0.3 is 0 Å². The number of amides is 1. The summed E-state index contributed by atoms with van der Waals surface area (Å²) in [5.41, 5.74) is 5.65. The van der Waals surface area contributed by atoms with Crippen LogP contribution < -0.4 is 11.1 Å². The third kappa shape index (κ3) is 4.16. The van der Waals surface area contributed by atoms with Gasteiger partial charge in [0.25, 0.3) is 0 Å². The molecule has 0 aromatic carbocycles. The topological polar surface area (TPSA) is 68.0 Å². The van der Waals surface area contributed by atoms with E-state index in [1.165, 1.54) is 12.1 Å². The van der Waals surface area contributed by atoms with Gasteiger partial charge < -0.3 is 11.1 Å². The summed E-state index contributed by atoms with van der Waals surface area (Å²) >= 11 is 1.63. The molecular weight excluding hydrogens is 229 g/mol. The molecule has 1 aromatic heterocycles. The molecule has 1 aromatic rings. The second kappa shape index (κ2) is 6.44. The molecule has 0 saturated heterocycles. The number of nitrogens with zero attached hydrogens (tertiary/aromatic N) is 1. The zero-order valence-corrected chi connectivity index (χ0v) is 9.76. The number of carbonyl (C=O) groups excluding carboxylic acids is 1. The predicted molar refractivity (Wildman–Crippen MR) is 63.8 cm³/mol. The number of rotatable bonds is 5. The number of halogens is 1. The number of pyridine rings is 1. The maximum atomic E-state index is 12.5. The average molecular weight is 243 g/mol. The Labute approximate surface area is 97.8 Å². The Balaban J connectivity index is 2.47. The molecule has 4 nitrogen and oxygen atoms in total. The Kier molecular flexibility index (Phi) is 5.21. The number of hydrogen-bond donors (Lipinski definition) is 2. The highest BCUT2D eigenvalue weighted by molar-refractivity contribution is 7.98. The van der Waals surface area contributed by atoms with Crippen molar-refractivity contribution in [2.45, 2.75) is 12.5 Å². The predicted octanol–water partition coefficient (Wildman–Crippen LogP) is 1.24. The first-order chi connectivity index (χ1) is 7.63. The number of anilines is 1. The van der Waals surface area contributed by atoms with E-state index in [-0.39, 0.29) is 5.91 Å². The second-order valence-electron chi connectivity index (χ2n) is 3.24. The van der Waals surface area contributed by atoms with Gasteiger partial charge in [0.05, 0.1) is 12.2 Å². The Morgan fingerprint density at radius 2 is 2.44 bits per heavy atom. The molecule has 6 heteroatoms. The van der Waals surface area contributed by atoms with Crippen LogP contribution in [0.5, 0.6) is 0 Å². The maximum absolute atomic E-state index is 12.5. The minimum Gasteiger partial charge on any atom is -0.320 e. The summed E-state index contributed by atoms with van der Waals surface area (Å²) in [7, 11) is 0. The fourth-order valence-electron chi connectivity index (χ4n) is 1.04. The number of thioether (sulfide) groups is 1. The Morgan fingerprint density at radius 3 is 3.00 bits per heavy atom. The lowest BCUT2D eigenvalue weighted by Crippen LogP contribution is -2.36. The fourth-order valence-corrected chi connectivity index (χ4v) is 1.53. The van der Waals surface area contributed by atoms with Crippen molar-refractivity contribution in [2.24, 2.45) is 5.73 Å². The van der Waals surface area contributed by atoms with Crippen LogP contribution >= 0.6 is 11.8 Å². The molecule has 0 aliphatic carbocycles. The third-order valence-corrected chi connectivity index (χ3v) is 2.59. The molecular formula is C10H14FN3OS. The van der Waals surface area contributed by atoms with Crippen molar-refractivity contribution in [1.82, 2.24) is 4.98 Å². The van der Waals surface area contributed by atoms with Gasteiger partial charge in [-0.25, -0.2) is 9.37 Å². The number of nitrogens with two attached hydrogens (primary N) is 1. The number of nitrogens with one attached hydrogen (secondary N) is 1. The van der Waals surface area contributed by atoms with Gasteiger partial charge in [0.15, 0.2) is 0 Å². The van der Waals surface area contributed by atoms with Crippen molar-refractivity contribution in [3.05, 3.63) is 24.1 Å². The standard InChI is InChI=1S/C10H14FN3OS/c1-16-5-4-8(12)10(15)14-9-3-2-7(11)6-13-9/h2-3,6,8H,4-5,12H2,1H3,(H,13,14,15)/t8-/m0/s1. The van der Waals surface area contributed by atoms with E-state index in [2.05, 4.69) is 10.3 Å². The molecule has 0 aliphatic rings. The highest BCUT2D eigenvalue weighted by Gasteiger charge is 2.13. The van der Waals surface area contributed by atoms with E-state index in [0.717, 1.165) is 11.9 Å². The summed E-state index contributed by atoms with van der Waals surface area (Å²) in [5, 5.41) is 2.53. The molecule has 16 heavy (non-hydrogen) atoms. The number of carbonyl (C=O) groups is 1. The van der Waals surface area contributed by atoms with Crippen LogP contribution in [0.4, 0.5) is 10.2 Å². The van der Waals surface area contributed by atoms with E-state index in [9.17, 15) is 9.18 Å². The van der Waals surface area contributed by atoms with Gasteiger partial charge in [0.1, 0.15) is 11.6 Å². The van der Waals surface area contributed by atoms with Crippen molar-refractivity contribution < 1.29 is 9.18 Å². The minimum absolute atomic E-state index is 0.298. The van der Waals surface area contributed by atoms with Crippen LogP contribution in [0.3, 0.4) is 0 Å². The van der Waals surface area contributed by atoms with Crippen LogP contribution in [0, 0.1) is 5.82 Å². The van der Waals surface area contributed by atoms with Crippen LogP contribution in [0.15, 0.2) is 18.3 Å². The van der Waals surface area contributed by atoms with E-state index < -0.39 is 11.9 Å². The fraction of sp³-hybridized carbons (Fsp3) is 0.400. The van der Waals surface area contributed by atoms with Gasteiger partial charge in [-0.3, -0.25) is 4.79 Å². The third-order valence-electron chi connectivity index (χ3n) is 1.95. The molecule has 1 rings (SSSR count). The van der Waals surface area contributed by atoms with Gasteiger partial charge in [0, 0.05) is 0 Å². The lowest BCUT2D eigenvalue weighted by atomic mass is 10.2. The van der Waals surface area contributed by atoms with Crippen LogP contribution in [0.1, 0.15) is 6.42 Å². The van der Waals surface area contributed by atoms with E-state index >= 15 is 0 Å². The Bertz CT molecular complexity index is 344. The van der Waals surface area contributed by atoms with E-state index in [1.54, 1.807) is 11.8 Å². The van der Waals surface area contributed by atoms with Crippen molar-refractivity contribution >= 4 is 23.5 Å². The molecule has 0 fully saturated rings. The normalized spacial score (nSPS) is 12.2. The van der Waals surface area contributed by atoms with Crippen molar-refractivity contribution in [3.8, 4) is 0 Å². The number of hydrogen-bond acceptors (Lipinski definition) is 4. The zero-order chi connectivity index (χ0) is 12.0. The smallest absolute Gasteiger partial charge is 0.242 e. The van der Waals surface area contributed by atoms with Crippen LogP contribution in [-0.2, 0) is 4.79 Å². The lowest BCUT2D eigenvalue weighted by molar-refractivity contribution is -0.117. The molecule has 0 radical (unpaired) electrons. The first-order valence-corrected chi connectivity index (χ1v) is 6.20. The van der Waals surface area contributed by atoms with E-state index in [0.29, 0.717) is 12.2 Å². The quantitative estimate of drug-likeness (QED) is 0.816. The van der Waals surface area contributed by atoms with E-state index in [4.69, 9.17) is 5.73 Å². The minimum atomic E-state index is -0.556. The molecule has 0 saturated carbocycles. The van der Waals surface area contributed by atoms with Crippen LogP contribution in [0.25, 0.3) is 0 Å². The van der Waals surface area contributed by atoms with Crippen molar-refractivity contribution in [2.75, 3.05) is 17.3 Å². The Hall–Kier alpha value is -1.14. The molecule has 3 N–H and O–H groups in total. The molecule has 0 unspecified atom stereocenters.